The summed E-state index contributed by atoms with van der Waals surface area (Å²) in [5, 5.41) is 31.7. The second-order valence-corrected chi connectivity index (χ2v) is 7.31. The van der Waals surface area contributed by atoms with Gasteiger partial charge in [0.15, 0.2) is 0 Å². The van der Waals surface area contributed by atoms with E-state index in [1.165, 1.54) is 12.1 Å². The molecule has 4 N–H and O–H groups in total. The summed E-state index contributed by atoms with van der Waals surface area (Å²) in [7, 11) is 0. The molecule has 3 aromatic rings. The molecular weight excluding hydrogens is 410 g/mol. The molecule has 0 fully saturated rings. The molecule has 7 heteroatoms. The number of phenols is 1. The maximum absolute atomic E-state index is 11.3. The SMILES string of the molecule is O=C(O)c1ccccc1COc1ccc(CCNCC(O)COc2ccc(O)cc2)cc1. The van der Waals surface area contributed by atoms with E-state index in [0.717, 1.165) is 12.0 Å². The first kappa shape index (κ1) is 23.1. The monoisotopic (exact) mass is 437 g/mol. The summed E-state index contributed by atoms with van der Waals surface area (Å²) in [4.78, 5) is 11.3. The Morgan fingerprint density at radius 1 is 0.906 bits per heavy atom. The van der Waals surface area contributed by atoms with Crippen LogP contribution in [0.25, 0.3) is 0 Å². The Hall–Kier alpha value is -3.55. The lowest BCUT2D eigenvalue weighted by Crippen LogP contribution is -2.32. The predicted octanol–water partition coefficient (Wildman–Crippen LogP) is 3.24. The number of hydrogen-bond acceptors (Lipinski definition) is 6. The number of carboxylic acid groups (broad SMARTS) is 1. The van der Waals surface area contributed by atoms with Crippen molar-refractivity contribution in [2.75, 3.05) is 19.7 Å². The van der Waals surface area contributed by atoms with Gasteiger partial charge in [-0.2, -0.15) is 0 Å². The van der Waals surface area contributed by atoms with E-state index < -0.39 is 12.1 Å². The Morgan fingerprint density at radius 2 is 1.56 bits per heavy atom. The highest BCUT2D eigenvalue weighted by Gasteiger charge is 2.09. The Kier molecular flexibility index (Phi) is 8.48. The molecule has 3 rings (SSSR count). The molecule has 0 aliphatic rings. The summed E-state index contributed by atoms with van der Waals surface area (Å²) >= 11 is 0. The topological polar surface area (TPSA) is 108 Å². The van der Waals surface area contributed by atoms with E-state index in [-0.39, 0.29) is 24.5 Å². The van der Waals surface area contributed by atoms with Gasteiger partial charge < -0.3 is 30.1 Å². The van der Waals surface area contributed by atoms with Crippen LogP contribution >= 0.6 is 0 Å². The highest BCUT2D eigenvalue weighted by atomic mass is 16.5. The Bertz CT molecular complexity index is 988. The average molecular weight is 437 g/mol. The molecule has 0 aliphatic carbocycles. The number of hydrogen-bond donors (Lipinski definition) is 4. The normalized spacial score (nSPS) is 11.7. The lowest BCUT2D eigenvalue weighted by Gasteiger charge is -2.13. The second kappa shape index (κ2) is 11.7. The molecular formula is C25H27NO6. The third-order valence-corrected chi connectivity index (χ3v) is 4.81. The van der Waals surface area contributed by atoms with Crippen molar-refractivity contribution in [3.8, 4) is 17.2 Å². The summed E-state index contributed by atoms with van der Waals surface area (Å²) in [5.41, 5.74) is 1.98. The fourth-order valence-corrected chi connectivity index (χ4v) is 3.06. The van der Waals surface area contributed by atoms with Crippen molar-refractivity contribution >= 4 is 5.97 Å². The van der Waals surface area contributed by atoms with Crippen LogP contribution in [-0.4, -0.2) is 47.1 Å². The van der Waals surface area contributed by atoms with Gasteiger partial charge in [0, 0.05) is 12.1 Å². The van der Waals surface area contributed by atoms with Crippen LogP contribution in [0.2, 0.25) is 0 Å². The van der Waals surface area contributed by atoms with E-state index in [4.69, 9.17) is 9.47 Å². The van der Waals surface area contributed by atoms with Gasteiger partial charge in [0.2, 0.25) is 0 Å². The Morgan fingerprint density at radius 3 is 2.28 bits per heavy atom. The number of rotatable bonds is 12. The van der Waals surface area contributed by atoms with Gasteiger partial charge in [0.1, 0.15) is 36.6 Å². The summed E-state index contributed by atoms with van der Waals surface area (Å²) in [5.74, 6) is 0.464. The number of aromatic hydroxyl groups is 1. The van der Waals surface area contributed by atoms with Crippen LogP contribution in [-0.2, 0) is 13.0 Å². The molecule has 0 bridgehead atoms. The lowest BCUT2D eigenvalue weighted by molar-refractivity contribution is 0.0694. The van der Waals surface area contributed by atoms with Gasteiger partial charge in [-0.15, -0.1) is 0 Å². The second-order valence-electron chi connectivity index (χ2n) is 7.31. The molecule has 0 heterocycles. The standard InChI is InChI=1S/C25H27NO6/c27-20-7-11-23(12-8-20)32-17-21(28)15-26-14-13-18-5-9-22(10-6-18)31-16-19-3-1-2-4-24(19)25(29)30/h1-12,21,26-28H,13-17H2,(H,29,30). The lowest BCUT2D eigenvalue weighted by atomic mass is 10.1. The first-order valence-electron chi connectivity index (χ1n) is 10.3. The molecule has 7 nitrogen and oxygen atoms in total. The van der Waals surface area contributed by atoms with Gasteiger partial charge in [-0.3, -0.25) is 0 Å². The largest absolute Gasteiger partial charge is 0.508 e. The van der Waals surface area contributed by atoms with Crippen LogP contribution in [0.15, 0.2) is 72.8 Å². The number of phenolic OH excluding ortho intramolecular Hbond substituents is 1. The van der Waals surface area contributed by atoms with Crippen molar-refractivity contribution in [2.45, 2.75) is 19.1 Å². The van der Waals surface area contributed by atoms with Crippen LogP contribution in [0.5, 0.6) is 17.2 Å². The summed E-state index contributed by atoms with van der Waals surface area (Å²) in [6, 6.07) is 20.8. The number of aliphatic hydroxyl groups is 1. The van der Waals surface area contributed by atoms with Crippen molar-refractivity contribution in [1.82, 2.24) is 5.32 Å². The first-order chi connectivity index (χ1) is 15.5. The number of benzene rings is 3. The van der Waals surface area contributed by atoms with E-state index in [9.17, 15) is 20.1 Å². The highest BCUT2D eigenvalue weighted by Crippen LogP contribution is 2.17. The summed E-state index contributed by atoms with van der Waals surface area (Å²) in [6.07, 6.45) is 0.140. The summed E-state index contributed by atoms with van der Waals surface area (Å²) in [6.45, 7) is 1.45. The fraction of sp³-hybridized carbons (Fsp3) is 0.240. The maximum atomic E-state index is 11.3. The molecule has 0 aliphatic heterocycles. The number of aromatic carboxylic acids is 1. The van der Waals surface area contributed by atoms with Crippen molar-refractivity contribution < 1.29 is 29.6 Å². The molecule has 0 saturated carbocycles. The molecule has 32 heavy (non-hydrogen) atoms. The van der Waals surface area contributed by atoms with Crippen molar-refractivity contribution in [3.63, 3.8) is 0 Å². The smallest absolute Gasteiger partial charge is 0.336 e. The maximum Gasteiger partial charge on any atom is 0.336 e. The van der Waals surface area contributed by atoms with Crippen LogP contribution in [0, 0.1) is 0 Å². The van der Waals surface area contributed by atoms with Gasteiger partial charge >= 0.3 is 5.97 Å². The van der Waals surface area contributed by atoms with Gasteiger partial charge in [0.25, 0.3) is 0 Å². The van der Waals surface area contributed by atoms with E-state index >= 15 is 0 Å². The van der Waals surface area contributed by atoms with Gasteiger partial charge in [-0.1, -0.05) is 30.3 Å². The van der Waals surface area contributed by atoms with E-state index in [0.29, 0.717) is 30.2 Å². The zero-order chi connectivity index (χ0) is 22.8. The average Bonchev–Trinajstić information content (AvgIpc) is 2.81. The van der Waals surface area contributed by atoms with Crippen molar-refractivity contribution in [2.24, 2.45) is 0 Å². The molecule has 1 unspecified atom stereocenters. The molecule has 0 spiro atoms. The quantitative estimate of drug-likeness (QED) is 0.322. The zero-order valence-electron chi connectivity index (χ0n) is 17.6. The van der Waals surface area contributed by atoms with Gasteiger partial charge in [-0.05, 0) is 61.0 Å². The third kappa shape index (κ3) is 7.30. The third-order valence-electron chi connectivity index (χ3n) is 4.81. The van der Waals surface area contributed by atoms with Crippen LogP contribution in [0.4, 0.5) is 0 Å². The van der Waals surface area contributed by atoms with Crippen LogP contribution in [0.3, 0.4) is 0 Å². The van der Waals surface area contributed by atoms with Crippen molar-refractivity contribution in [3.05, 3.63) is 89.5 Å². The molecule has 0 aromatic heterocycles. The minimum Gasteiger partial charge on any atom is -0.508 e. The number of carbonyl (C=O) groups is 1. The highest BCUT2D eigenvalue weighted by molar-refractivity contribution is 5.89. The molecule has 0 amide bonds. The van der Waals surface area contributed by atoms with E-state index in [2.05, 4.69) is 5.32 Å². The van der Waals surface area contributed by atoms with Crippen LogP contribution in [0.1, 0.15) is 21.5 Å². The van der Waals surface area contributed by atoms with Crippen molar-refractivity contribution in [1.29, 1.82) is 0 Å². The molecule has 168 valence electrons. The predicted molar refractivity (Wildman–Crippen MR) is 120 cm³/mol. The summed E-state index contributed by atoms with van der Waals surface area (Å²) < 4.78 is 11.2. The van der Waals surface area contributed by atoms with Gasteiger partial charge in [0.05, 0.1) is 5.56 Å². The molecule has 0 radical (unpaired) electrons. The Labute approximate surface area is 186 Å². The minimum atomic E-state index is -0.968. The molecule has 3 aromatic carbocycles. The number of ether oxygens (including phenoxy) is 2. The number of carboxylic acids is 1. The number of nitrogens with one attached hydrogen (secondary N) is 1. The fourth-order valence-electron chi connectivity index (χ4n) is 3.06. The first-order valence-corrected chi connectivity index (χ1v) is 10.3. The minimum absolute atomic E-state index is 0.162. The molecule has 0 saturated heterocycles. The number of aliphatic hydroxyl groups excluding tert-OH is 1. The zero-order valence-corrected chi connectivity index (χ0v) is 17.6. The Balaban J connectivity index is 1.35. The van der Waals surface area contributed by atoms with E-state index in [1.54, 1.807) is 36.4 Å². The van der Waals surface area contributed by atoms with Crippen LogP contribution < -0.4 is 14.8 Å². The molecule has 1 atom stereocenters. The van der Waals surface area contributed by atoms with Gasteiger partial charge in [-0.25, -0.2) is 4.79 Å². The van der Waals surface area contributed by atoms with E-state index in [1.807, 2.05) is 24.3 Å².